The maximum absolute atomic E-state index is 13.1. The molecule has 0 atom stereocenters. The molecule has 1 fully saturated rings. The fourth-order valence-electron chi connectivity index (χ4n) is 3.31. The SMILES string of the molecule is Fc1ccc(Nc2nccc(N3CCN(C/C=C/c4ccccc4)CC3)n2)cc1. The summed E-state index contributed by atoms with van der Waals surface area (Å²) in [6.07, 6.45) is 6.15. The summed E-state index contributed by atoms with van der Waals surface area (Å²) in [7, 11) is 0. The van der Waals surface area contributed by atoms with Crippen molar-refractivity contribution in [3.63, 3.8) is 0 Å². The Morgan fingerprint density at radius 1 is 0.931 bits per heavy atom. The van der Waals surface area contributed by atoms with Gasteiger partial charge in [0.2, 0.25) is 5.95 Å². The molecule has 0 aliphatic carbocycles. The summed E-state index contributed by atoms with van der Waals surface area (Å²) in [6.45, 7) is 4.77. The second-order valence-corrected chi connectivity index (χ2v) is 6.97. The molecule has 0 bridgehead atoms. The lowest BCUT2D eigenvalue weighted by Gasteiger charge is -2.34. The Bertz CT molecular complexity index is 935. The number of hydrogen-bond donors (Lipinski definition) is 1. The van der Waals surface area contributed by atoms with Gasteiger partial charge in [-0.15, -0.1) is 0 Å². The van der Waals surface area contributed by atoms with E-state index in [-0.39, 0.29) is 5.82 Å². The van der Waals surface area contributed by atoms with E-state index in [0.717, 1.165) is 44.2 Å². The van der Waals surface area contributed by atoms with Crippen molar-refractivity contribution in [2.75, 3.05) is 42.9 Å². The van der Waals surface area contributed by atoms with Gasteiger partial charge in [-0.3, -0.25) is 4.90 Å². The Labute approximate surface area is 170 Å². The van der Waals surface area contributed by atoms with Crippen LogP contribution in [0.15, 0.2) is 72.9 Å². The van der Waals surface area contributed by atoms with E-state index in [1.807, 2.05) is 12.1 Å². The second kappa shape index (κ2) is 9.30. The van der Waals surface area contributed by atoms with Crippen LogP contribution in [-0.4, -0.2) is 47.6 Å². The van der Waals surface area contributed by atoms with Crippen LogP contribution in [0.2, 0.25) is 0 Å². The number of nitrogens with zero attached hydrogens (tertiary/aromatic N) is 4. The first-order valence-corrected chi connectivity index (χ1v) is 9.81. The van der Waals surface area contributed by atoms with E-state index in [1.165, 1.54) is 17.7 Å². The van der Waals surface area contributed by atoms with Gasteiger partial charge in [-0.25, -0.2) is 9.37 Å². The predicted octanol–water partition coefficient (Wildman–Crippen LogP) is 4.19. The standard InChI is InChI=1S/C23H24FN5/c24-20-8-10-21(11-9-20)26-23-25-13-12-22(27-23)29-17-15-28(16-18-29)14-4-7-19-5-2-1-3-6-19/h1-13H,14-18H2,(H,25,26,27)/b7-4+. The van der Waals surface area contributed by atoms with Crippen molar-refractivity contribution in [2.24, 2.45) is 0 Å². The van der Waals surface area contributed by atoms with Crippen molar-refractivity contribution in [3.05, 3.63) is 84.3 Å². The number of nitrogens with one attached hydrogen (secondary N) is 1. The molecule has 0 unspecified atom stereocenters. The molecule has 29 heavy (non-hydrogen) atoms. The first-order valence-electron chi connectivity index (χ1n) is 9.81. The highest BCUT2D eigenvalue weighted by atomic mass is 19.1. The molecule has 0 spiro atoms. The van der Waals surface area contributed by atoms with E-state index >= 15 is 0 Å². The first kappa shape index (κ1) is 19.1. The Morgan fingerprint density at radius 3 is 2.45 bits per heavy atom. The number of anilines is 3. The van der Waals surface area contributed by atoms with Gasteiger partial charge in [-0.05, 0) is 35.9 Å². The summed E-state index contributed by atoms with van der Waals surface area (Å²) in [5, 5.41) is 3.13. The molecule has 1 N–H and O–H groups in total. The first-order chi connectivity index (χ1) is 14.3. The Hall–Kier alpha value is -3.25. The Morgan fingerprint density at radius 2 is 1.69 bits per heavy atom. The van der Waals surface area contributed by atoms with E-state index in [0.29, 0.717) is 5.95 Å². The van der Waals surface area contributed by atoms with Gasteiger partial charge < -0.3 is 10.2 Å². The minimum atomic E-state index is -0.262. The van der Waals surface area contributed by atoms with Crippen molar-refractivity contribution in [1.82, 2.24) is 14.9 Å². The van der Waals surface area contributed by atoms with Gasteiger partial charge in [0.15, 0.2) is 0 Å². The van der Waals surface area contributed by atoms with Crippen LogP contribution in [-0.2, 0) is 0 Å². The molecular formula is C23H24FN5. The largest absolute Gasteiger partial charge is 0.354 e. The summed E-state index contributed by atoms with van der Waals surface area (Å²) in [5.74, 6) is 1.16. The lowest BCUT2D eigenvalue weighted by molar-refractivity contribution is 0.283. The third-order valence-electron chi connectivity index (χ3n) is 4.91. The molecule has 1 aliphatic heterocycles. The van der Waals surface area contributed by atoms with Gasteiger partial charge in [-0.2, -0.15) is 4.98 Å². The number of halogens is 1. The summed E-state index contributed by atoms with van der Waals surface area (Å²) in [6, 6.07) is 18.5. The normalized spacial score (nSPS) is 15.0. The highest BCUT2D eigenvalue weighted by Gasteiger charge is 2.17. The van der Waals surface area contributed by atoms with Crippen LogP contribution in [0, 0.1) is 5.82 Å². The number of aromatic nitrogens is 2. The Balaban J connectivity index is 1.30. The summed E-state index contributed by atoms with van der Waals surface area (Å²) >= 11 is 0. The van der Waals surface area contributed by atoms with Crippen LogP contribution >= 0.6 is 0 Å². The maximum Gasteiger partial charge on any atom is 0.229 e. The Kier molecular flexibility index (Phi) is 6.12. The molecule has 0 amide bonds. The average molecular weight is 389 g/mol. The van der Waals surface area contributed by atoms with Crippen LogP contribution in [0.1, 0.15) is 5.56 Å². The molecule has 2 heterocycles. The van der Waals surface area contributed by atoms with Crippen molar-refractivity contribution >= 4 is 23.5 Å². The lowest BCUT2D eigenvalue weighted by Crippen LogP contribution is -2.46. The fraction of sp³-hybridized carbons (Fsp3) is 0.217. The van der Waals surface area contributed by atoms with Crippen LogP contribution in [0.5, 0.6) is 0 Å². The van der Waals surface area contributed by atoms with Crippen molar-refractivity contribution in [1.29, 1.82) is 0 Å². The molecule has 2 aromatic carbocycles. The molecule has 1 saturated heterocycles. The van der Waals surface area contributed by atoms with Crippen LogP contribution in [0.3, 0.4) is 0 Å². The molecule has 5 nitrogen and oxygen atoms in total. The minimum Gasteiger partial charge on any atom is -0.354 e. The zero-order chi connectivity index (χ0) is 19.9. The highest BCUT2D eigenvalue weighted by Crippen LogP contribution is 2.18. The molecule has 148 valence electrons. The molecule has 0 radical (unpaired) electrons. The van der Waals surface area contributed by atoms with E-state index < -0.39 is 0 Å². The quantitative estimate of drug-likeness (QED) is 0.685. The topological polar surface area (TPSA) is 44.3 Å². The molecule has 1 aromatic heterocycles. The zero-order valence-electron chi connectivity index (χ0n) is 16.2. The second-order valence-electron chi connectivity index (χ2n) is 6.97. The highest BCUT2D eigenvalue weighted by molar-refractivity contribution is 5.55. The molecule has 4 rings (SSSR count). The van der Waals surface area contributed by atoms with Crippen LogP contribution in [0.25, 0.3) is 6.08 Å². The number of hydrogen-bond acceptors (Lipinski definition) is 5. The third-order valence-corrected chi connectivity index (χ3v) is 4.91. The summed E-state index contributed by atoms with van der Waals surface area (Å²) in [4.78, 5) is 13.6. The van der Waals surface area contributed by atoms with E-state index in [9.17, 15) is 4.39 Å². The number of benzene rings is 2. The van der Waals surface area contributed by atoms with Gasteiger partial charge in [0.1, 0.15) is 11.6 Å². The van der Waals surface area contributed by atoms with Gasteiger partial charge in [-0.1, -0.05) is 42.5 Å². The molecule has 6 heteroatoms. The summed E-state index contributed by atoms with van der Waals surface area (Å²) < 4.78 is 13.1. The predicted molar refractivity (Wildman–Crippen MR) is 116 cm³/mol. The average Bonchev–Trinajstić information content (AvgIpc) is 2.77. The van der Waals surface area contributed by atoms with Crippen molar-refractivity contribution in [2.45, 2.75) is 0 Å². The number of piperazine rings is 1. The van der Waals surface area contributed by atoms with E-state index in [4.69, 9.17) is 0 Å². The monoisotopic (exact) mass is 389 g/mol. The smallest absolute Gasteiger partial charge is 0.229 e. The van der Waals surface area contributed by atoms with Gasteiger partial charge >= 0.3 is 0 Å². The molecule has 0 saturated carbocycles. The molecule has 3 aromatic rings. The van der Waals surface area contributed by atoms with Crippen molar-refractivity contribution in [3.8, 4) is 0 Å². The van der Waals surface area contributed by atoms with Gasteiger partial charge in [0.25, 0.3) is 0 Å². The van der Waals surface area contributed by atoms with Gasteiger partial charge in [0, 0.05) is 44.6 Å². The lowest BCUT2D eigenvalue weighted by atomic mass is 10.2. The fourth-order valence-corrected chi connectivity index (χ4v) is 3.31. The maximum atomic E-state index is 13.1. The number of rotatable bonds is 6. The third kappa shape index (κ3) is 5.39. The molecule has 1 aliphatic rings. The molecular weight excluding hydrogens is 365 g/mol. The minimum absolute atomic E-state index is 0.262. The summed E-state index contributed by atoms with van der Waals surface area (Å²) in [5.41, 5.74) is 1.99. The van der Waals surface area contributed by atoms with Crippen LogP contribution < -0.4 is 10.2 Å². The van der Waals surface area contributed by atoms with E-state index in [2.05, 4.69) is 61.5 Å². The zero-order valence-corrected chi connectivity index (χ0v) is 16.2. The van der Waals surface area contributed by atoms with Gasteiger partial charge in [0.05, 0.1) is 0 Å². The van der Waals surface area contributed by atoms with Crippen LogP contribution in [0.4, 0.5) is 21.8 Å². The van der Waals surface area contributed by atoms with Crippen molar-refractivity contribution < 1.29 is 4.39 Å². The van der Waals surface area contributed by atoms with E-state index in [1.54, 1.807) is 18.3 Å².